The van der Waals surface area contributed by atoms with E-state index in [2.05, 4.69) is 10.9 Å². The van der Waals surface area contributed by atoms with Crippen LogP contribution in [0.1, 0.15) is 5.56 Å². The second-order valence-electron chi connectivity index (χ2n) is 3.20. The number of hydrogen-bond donors (Lipinski definition) is 1. The van der Waals surface area contributed by atoms with Crippen molar-refractivity contribution in [3.8, 4) is 0 Å². The van der Waals surface area contributed by atoms with E-state index in [9.17, 15) is 0 Å². The molecule has 1 aliphatic rings. The van der Waals surface area contributed by atoms with Gasteiger partial charge in [-0.3, -0.25) is 4.84 Å². The van der Waals surface area contributed by atoms with Gasteiger partial charge >= 0.3 is 0 Å². The first-order chi connectivity index (χ1) is 6.90. The van der Waals surface area contributed by atoms with Gasteiger partial charge in [-0.05, 0) is 11.6 Å². The van der Waals surface area contributed by atoms with Gasteiger partial charge in [-0.2, -0.15) is 0 Å². The van der Waals surface area contributed by atoms with Crippen molar-refractivity contribution in [2.75, 3.05) is 13.2 Å². The third-order valence-corrected chi connectivity index (χ3v) is 3.37. The van der Waals surface area contributed by atoms with Gasteiger partial charge in [0.15, 0.2) is 0 Å². The second kappa shape index (κ2) is 4.79. The maximum absolute atomic E-state index is 5.13. The zero-order valence-corrected chi connectivity index (χ0v) is 8.63. The van der Waals surface area contributed by atoms with E-state index >= 15 is 0 Å². The van der Waals surface area contributed by atoms with Crippen LogP contribution in [0.4, 0.5) is 0 Å². The van der Waals surface area contributed by atoms with Gasteiger partial charge in [-0.15, -0.1) is 11.8 Å². The summed E-state index contributed by atoms with van der Waals surface area (Å²) in [5.74, 6) is 5.07. The SMILES string of the molecule is NOCc1ccccc1SC1COC1. The third-order valence-electron chi connectivity index (χ3n) is 2.11. The predicted octanol–water partition coefficient (Wildman–Crippen LogP) is 1.57. The zero-order chi connectivity index (χ0) is 9.80. The van der Waals surface area contributed by atoms with Crippen molar-refractivity contribution < 1.29 is 9.57 Å². The van der Waals surface area contributed by atoms with E-state index in [-0.39, 0.29) is 0 Å². The van der Waals surface area contributed by atoms with E-state index in [1.165, 1.54) is 4.90 Å². The van der Waals surface area contributed by atoms with Crippen LogP contribution in [-0.2, 0) is 16.2 Å². The van der Waals surface area contributed by atoms with Crippen LogP contribution in [0.15, 0.2) is 29.2 Å². The standard InChI is InChI=1S/C10H13NO2S/c11-13-5-8-3-1-2-4-10(8)14-9-6-12-7-9/h1-4,9H,5-7,11H2. The maximum Gasteiger partial charge on any atom is 0.0940 e. The van der Waals surface area contributed by atoms with Gasteiger partial charge in [-0.25, -0.2) is 5.90 Å². The average Bonchev–Trinajstić information content (AvgIpc) is 2.14. The molecule has 0 atom stereocenters. The summed E-state index contributed by atoms with van der Waals surface area (Å²) in [5.41, 5.74) is 1.15. The first kappa shape index (κ1) is 9.98. The molecule has 2 rings (SSSR count). The molecule has 1 saturated heterocycles. The Morgan fingerprint density at radius 3 is 2.86 bits per heavy atom. The Bertz CT molecular complexity index is 302. The van der Waals surface area contributed by atoms with Crippen LogP contribution in [0, 0.1) is 0 Å². The van der Waals surface area contributed by atoms with Crippen molar-refractivity contribution in [3.63, 3.8) is 0 Å². The van der Waals surface area contributed by atoms with Gasteiger partial charge in [0.1, 0.15) is 0 Å². The van der Waals surface area contributed by atoms with E-state index in [1.807, 2.05) is 30.0 Å². The summed E-state index contributed by atoms with van der Waals surface area (Å²) in [7, 11) is 0. The number of ether oxygens (including phenoxy) is 1. The predicted molar refractivity (Wildman–Crippen MR) is 55.9 cm³/mol. The van der Waals surface area contributed by atoms with Gasteiger partial charge in [0, 0.05) is 4.90 Å². The molecular weight excluding hydrogens is 198 g/mol. The summed E-state index contributed by atoms with van der Waals surface area (Å²) in [6, 6.07) is 8.16. The van der Waals surface area contributed by atoms with Gasteiger partial charge in [0.05, 0.1) is 25.1 Å². The second-order valence-corrected chi connectivity index (χ2v) is 4.54. The van der Waals surface area contributed by atoms with Crippen molar-refractivity contribution >= 4 is 11.8 Å². The molecule has 2 N–H and O–H groups in total. The molecule has 1 heterocycles. The Morgan fingerprint density at radius 1 is 1.43 bits per heavy atom. The van der Waals surface area contributed by atoms with Crippen molar-refractivity contribution in [1.82, 2.24) is 0 Å². The molecule has 76 valence electrons. The molecular formula is C10H13NO2S. The van der Waals surface area contributed by atoms with Crippen LogP contribution in [0.2, 0.25) is 0 Å². The molecule has 0 aromatic heterocycles. The van der Waals surface area contributed by atoms with E-state index in [1.54, 1.807) is 0 Å². The van der Waals surface area contributed by atoms with Crippen LogP contribution < -0.4 is 5.90 Å². The lowest BCUT2D eigenvalue weighted by molar-refractivity contribution is 0.0454. The highest BCUT2D eigenvalue weighted by molar-refractivity contribution is 8.00. The van der Waals surface area contributed by atoms with Crippen molar-refractivity contribution in [2.45, 2.75) is 16.8 Å². The number of thioether (sulfide) groups is 1. The van der Waals surface area contributed by atoms with Crippen molar-refractivity contribution in [1.29, 1.82) is 0 Å². The largest absolute Gasteiger partial charge is 0.379 e. The molecule has 0 radical (unpaired) electrons. The van der Waals surface area contributed by atoms with Crippen LogP contribution in [0.5, 0.6) is 0 Å². The van der Waals surface area contributed by atoms with Gasteiger partial charge in [0.25, 0.3) is 0 Å². The first-order valence-corrected chi connectivity index (χ1v) is 5.42. The molecule has 1 aromatic rings. The summed E-state index contributed by atoms with van der Waals surface area (Å²) in [6.07, 6.45) is 0. The molecule has 1 aromatic carbocycles. The smallest absolute Gasteiger partial charge is 0.0940 e. The highest BCUT2D eigenvalue weighted by atomic mass is 32.2. The lowest BCUT2D eigenvalue weighted by Crippen LogP contribution is -2.30. The summed E-state index contributed by atoms with van der Waals surface area (Å²) < 4.78 is 5.13. The fourth-order valence-corrected chi connectivity index (χ4v) is 2.41. The molecule has 3 nitrogen and oxygen atoms in total. The van der Waals surface area contributed by atoms with Crippen LogP contribution in [0.25, 0.3) is 0 Å². The first-order valence-electron chi connectivity index (χ1n) is 4.54. The van der Waals surface area contributed by atoms with E-state index in [0.717, 1.165) is 18.8 Å². The Hall–Kier alpha value is -0.550. The summed E-state index contributed by atoms with van der Waals surface area (Å²) >= 11 is 1.84. The fraction of sp³-hybridized carbons (Fsp3) is 0.400. The number of rotatable bonds is 4. The van der Waals surface area contributed by atoms with Crippen molar-refractivity contribution in [3.05, 3.63) is 29.8 Å². The fourth-order valence-electron chi connectivity index (χ4n) is 1.29. The Labute approximate surface area is 87.5 Å². The van der Waals surface area contributed by atoms with Gasteiger partial charge < -0.3 is 4.74 Å². The molecule has 0 unspecified atom stereocenters. The molecule has 0 aliphatic carbocycles. The molecule has 1 aliphatic heterocycles. The third kappa shape index (κ3) is 2.27. The number of nitrogens with two attached hydrogens (primary N) is 1. The summed E-state index contributed by atoms with van der Waals surface area (Å²) in [6.45, 7) is 2.17. The van der Waals surface area contributed by atoms with Gasteiger partial charge in [-0.1, -0.05) is 18.2 Å². The monoisotopic (exact) mass is 211 g/mol. The number of benzene rings is 1. The quantitative estimate of drug-likeness (QED) is 0.768. The molecule has 14 heavy (non-hydrogen) atoms. The van der Waals surface area contributed by atoms with Gasteiger partial charge in [0.2, 0.25) is 0 Å². The molecule has 0 amide bonds. The van der Waals surface area contributed by atoms with Crippen molar-refractivity contribution in [2.24, 2.45) is 5.90 Å². The van der Waals surface area contributed by atoms with E-state index in [0.29, 0.717) is 11.9 Å². The highest BCUT2D eigenvalue weighted by Crippen LogP contribution is 2.30. The summed E-state index contributed by atoms with van der Waals surface area (Å²) in [5, 5.41) is 0.592. The molecule has 4 heteroatoms. The van der Waals surface area contributed by atoms with Crippen LogP contribution >= 0.6 is 11.8 Å². The lowest BCUT2D eigenvalue weighted by atomic mass is 10.2. The minimum absolute atomic E-state index is 0.469. The lowest BCUT2D eigenvalue weighted by Gasteiger charge is -2.25. The molecule has 0 spiro atoms. The average molecular weight is 211 g/mol. The minimum Gasteiger partial charge on any atom is -0.379 e. The zero-order valence-electron chi connectivity index (χ0n) is 7.81. The van der Waals surface area contributed by atoms with E-state index in [4.69, 9.17) is 10.6 Å². The minimum atomic E-state index is 0.469. The Morgan fingerprint density at radius 2 is 2.21 bits per heavy atom. The van der Waals surface area contributed by atoms with E-state index < -0.39 is 0 Å². The Kier molecular flexibility index (Phi) is 3.42. The normalized spacial score (nSPS) is 16.6. The van der Waals surface area contributed by atoms with Crippen LogP contribution in [0.3, 0.4) is 0 Å². The molecule has 0 saturated carbocycles. The maximum atomic E-state index is 5.13. The summed E-state index contributed by atoms with van der Waals surface area (Å²) in [4.78, 5) is 5.90. The number of hydrogen-bond acceptors (Lipinski definition) is 4. The molecule has 1 fully saturated rings. The topological polar surface area (TPSA) is 44.5 Å². The molecule has 0 bridgehead atoms. The highest BCUT2D eigenvalue weighted by Gasteiger charge is 2.20. The Balaban J connectivity index is 2.05. The van der Waals surface area contributed by atoms with Crippen LogP contribution in [-0.4, -0.2) is 18.5 Å².